The fraction of sp³-hybridized carbons (Fsp3) is 0.267. The lowest BCUT2D eigenvalue weighted by molar-refractivity contribution is -0.116. The van der Waals surface area contributed by atoms with E-state index in [4.69, 9.17) is 0 Å². The third-order valence-corrected chi connectivity index (χ3v) is 3.33. The number of aromatic nitrogens is 2. The molecule has 19 heavy (non-hydrogen) atoms. The summed E-state index contributed by atoms with van der Waals surface area (Å²) in [4.78, 5) is 21.9. The maximum atomic E-state index is 11.2. The van der Waals surface area contributed by atoms with Crippen LogP contribution < -0.4 is 4.90 Å². The van der Waals surface area contributed by atoms with Gasteiger partial charge in [0.05, 0.1) is 6.54 Å². The number of hydrogen-bond acceptors (Lipinski definition) is 4. The Morgan fingerprint density at radius 2 is 1.74 bits per heavy atom. The highest BCUT2D eigenvalue weighted by Gasteiger charge is 2.21. The molecular formula is C15H15N3O. The van der Waals surface area contributed by atoms with E-state index >= 15 is 0 Å². The first-order chi connectivity index (χ1) is 9.22. The van der Waals surface area contributed by atoms with Crippen molar-refractivity contribution in [1.29, 1.82) is 0 Å². The van der Waals surface area contributed by atoms with Gasteiger partial charge in [0.1, 0.15) is 0 Å². The van der Waals surface area contributed by atoms with Crippen LogP contribution in [-0.4, -0.2) is 28.8 Å². The van der Waals surface area contributed by atoms with E-state index in [0.717, 1.165) is 17.7 Å². The van der Waals surface area contributed by atoms with Crippen molar-refractivity contribution in [3.63, 3.8) is 0 Å². The summed E-state index contributed by atoms with van der Waals surface area (Å²) >= 11 is 0. The van der Waals surface area contributed by atoms with Crippen molar-refractivity contribution in [1.82, 2.24) is 9.97 Å². The molecule has 1 aromatic heterocycles. The Bertz CT molecular complexity index is 590. The maximum Gasteiger partial charge on any atom is 0.225 e. The summed E-state index contributed by atoms with van der Waals surface area (Å²) in [5.74, 6) is 0.896. The predicted octanol–water partition coefficient (Wildman–Crippen LogP) is 2.23. The largest absolute Gasteiger partial charge is 0.333 e. The van der Waals surface area contributed by atoms with Gasteiger partial charge < -0.3 is 4.90 Å². The van der Waals surface area contributed by atoms with E-state index in [1.165, 1.54) is 5.56 Å². The SMILES string of the molecule is Cc1ccc(-c2cnc(N3CCC(=O)C3)nc2)cc1. The summed E-state index contributed by atoms with van der Waals surface area (Å²) < 4.78 is 0. The molecule has 1 saturated heterocycles. The van der Waals surface area contributed by atoms with Gasteiger partial charge in [-0.2, -0.15) is 0 Å². The molecule has 0 saturated carbocycles. The van der Waals surface area contributed by atoms with Crippen LogP contribution in [0, 0.1) is 6.92 Å². The molecule has 96 valence electrons. The van der Waals surface area contributed by atoms with E-state index in [1.807, 2.05) is 17.3 Å². The van der Waals surface area contributed by atoms with Crippen LogP contribution in [0.3, 0.4) is 0 Å². The zero-order valence-electron chi connectivity index (χ0n) is 10.8. The topological polar surface area (TPSA) is 46.1 Å². The van der Waals surface area contributed by atoms with Crippen molar-refractivity contribution in [3.05, 3.63) is 42.2 Å². The van der Waals surface area contributed by atoms with E-state index in [0.29, 0.717) is 18.9 Å². The fourth-order valence-corrected chi connectivity index (χ4v) is 2.18. The first-order valence-corrected chi connectivity index (χ1v) is 6.38. The smallest absolute Gasteiger partial charge is 0.225 e. The van der Waals surface area contributed by atoms with Crippen LogP contribution in [0.1, 0.15) is 12.0 Å². The second-order valence-corrected chi connectivity index (χ2v) is 4.85. The number of benzene rings is 1. The molecule has 1 aliphatic heterocycles. The minimum absolute atomic E-state index is 0.256. The maximum absolute atomic E-state index is 11.2. The van der Waals surface area contributed by atoms with E-state index in [-0.39, 0.29) is 5.78 Å². The molecule has 0 radical (unpaired) electrons. The van der Waals surface area contributed by atoms with Gasteiger partial charge in [-0.15, -0.1) is 0 Å². The van der Waals surface area contributed by atoms with Crippen molar-refractivity contribution in [2.75, 3.05) is 18.0 Å². The predicted molar refractivity (Wildman–Crippen MR) is 74.0 cm³/mol. The molecule has 0 atom stereocenters. The first kappa shape index (κ1) is 11.8. The van der Waals surface area contributed by atoms with Crippen molar-refractivity contribution in [2.45, 2.75) is 13.3 Å². The Hall–Kier alpha value is -2.23. The van der Waals surface area contributed by atoms with Crippen LogP contribution in [0.25, 0.3) is 11.1 Å². The van der Waals surface area contributed by atoms with Crippen molar-refractivity contribution in [3.8, 4) is 11.1 Å². The number of carbonyl (C=O) groups is 1. The van der Waals surface area contributed by atoms with Gasteiger partial charge in [-0.05, 0) is 12.5 Å². The van der Waals surface area contributed by atoms with Crippen LogP contribution >= 0.6 is 0 Å². The number of rotatable bonds is 2. The monoisotopic (exact) mass is 253 g/mol. The summed E-state index contributed by atoms with van der Waals surface area (Å²) in [7, 11) is 0. The highest BCUT2D eigenvalue weighted by Crippen LogP contribution is 2.20. The third kappa shape index (κ3) is 2.47. The van der Waals surface area contributed by atoms with Gasteiger partial charge in [0, 0.05) is 30.9 Å². The second kappa shape index (κ2) is 4.80. The first-order valence-electron chi connectivity index (χ1n) is 6.38. The van der Waals surface area contributed by atoms with Gasteiger partial charge in [0.2, 0.25) is 5.95 Å². The van der Waals surface area contributed by atoms with Gasteiger partial charge in [0.25, 0.3) is 0 Å². The van der Waals surface area contributed by atoms with Crippen LogP contribution in [0.4, 0.5) is 5.95 Å². The molecule has 0 spiro atoms. The molecule has 0 amide bonds. The number of Topliss-reactive ketones (excluding diaryl/α,β-unsaturated/α-hetero) is 1. The normalized spacial score (nSPS) is 15.0. The van der Waals surface area contributed by atoms with Gasteiger partial charge in [-0.25, -0.2) is 9.97 Å². The number of anilines is 1. The van der Waals surface area contributed by atoms with Crippen molar-refractivity contribution in [2.24, 2.45) is 0 Å². The molecule has 3 rings (SSSR count). The lowest BCUT2D eigenvalue weighted by Crippen LogP contribution is -2.21. The number of carbonyl (C=O) groups excluding carboxylic acids is 1. The Kier molecular flexibility index (Phi) is 2.99. The molecule has 0 bridgehead atoms. The van der Waals surface area contributed by atoms with Gasteiger partial charge in [0.15, 0.2) is 5.78 Å². The summed E-state index contributed by atoms with van der Waals surface area (Å²) in [5, 5.41) is 0. The number of ketones is 1. The van der Waals surface area contributed by atoms with E-state index < -0.39 is 0 Å². The molecule has 1 fully saturated rings. The molecule has 4 heteroatoms. The average Bonchev–Trinajstić information content (AvgIpc) is 2.87. The number of aryl methyl sites for hydroxylation is 1. The Morgan fingerprint density at radius 3 is 2.32 bits per heavy atom. The average molecular weight is 253 g/mol. The summed E-state index contributed by atoms with van der Waals surface area (Å²) in [6.07, 6.45) is 4.23. The van der Waals surface area contributed by atoms with Crippen molar-refractivity contribution >= 4 is 11.7 Å². The lowest BCUT2D eigenvalue weighted by atomic mass is 10.1. The van der Waals surface area contributed by atoms with E-state index in [9.17, 15) is 4.79 Å². The third-order valence-electron chi connectivity index (χ3n) is 3.33. The van der Waals surface area contributed by atoms with Gasteiger partial charge in [-0.1, -0.05) is 29.8 Å². The Morgan fingerprint density at radius 1 is 1.05 bits per heavy atom. The molecule has 0 unspecified atom stereocenters. The second-order valence-electron chi connectivity index (χ2n) is 4.85. The molecule has 4 nitrogen and oxygen atoms in total. The van der Waals surface area contributed by atoms with Crippen LogP contribution in [0.2, 0.25) is 0 Å². The molecule has 1 aromatic carbocycles. The minimum Gasteiger partial charge on any atom is -0.333 e. The van der Waals surface area contributed by atoms with Gasteiger partial charge in [-0.3, -0.25) is 4.79 Å². The number of nitrogens with zero attached hydrogens (tertiary/aromatic N) is 3. The summed E-state index contributed by atoms with van der Waals surface area (Å²) in [6, 6.07) is 8.27. The fourth-order valence-electron chi connectivity index (χ4n) is 2.18. The Balaban J connectivity index is 1.82. The highest BCUT2D eigenvalue weighted by molar-refractivity contribution is 5.86. The van der Waals surface area contributed by atoms with E-state index in [2.05, 4.69) is 41.2 Å². The molecule has 2 aromatic rings. The molecule has 0 aliphatic carbocycles. The standard InChI is InChI=1S/C15H15N3O/c1-11-2-4-12(5-3-11)13-8-16-15(17-9-13)18-7-6-14(19)10-18/h2-5,8-9H,6-7,10H2,1H3. The molecule has 2 heterocycles. The minimum atomic E-state index is 0.256. The summed E-state index contributed by atoms with van der Waals surface area (Å²) in [5.41, 5.74) is 3.33. The van der Waals surface area contributed by atoms with Crippen LogP contribution in [-0.2, 0) is 4.79 Å². The zero-order chi connectivity index (χ0) is 13.2. The number of hydrogen-bond donors (Lipinski definition) is 0. The van der Waals surface area contributed by atoms with E-state index in [1.54, 1.807) is 0 Å². The van der Waals surface area contributed by atoms with Crippen LogP contribution in [0.15, 0.2) is 36.7 Å². The lowest BCUT2D eigenvalue weighted by Gasteiger charge is -2.13. The molecule has 1 aliphatic rings. The summed E-state index contributed by atoms with van der Waals surface area (Å²) in [6.45, 7) is 3.22. The van der Waals surface area contributed by atoms with Gasteiger partial charge >= 0.3 is 0 Å². The molecular weight excluding hydrogens is 238 g/mol. The quantitative estimate of drug-likeness (QED) is 0.823. The highest BCUT2D eigenvalue weighted by atomic mass is 16.1. The van der Waals surface area contributed by atoms with Crippen LogP contribution in [0.5, 0.6) is 0 Å². The zero-order valence-corrected chi connectivity index (χ0v) is 10.8. The molecule has 0 N–H and O–H groups in total. The van der Waals surface area contributed by atoms with Crippen molar-refractivity contribution < 1.29 is 4.79 Å². The Labute approximate surface area is 112 Å².